The zero-order valence-corrected chi connectivity index (χ0v) is 21.5. The van der Waals surface area contributed by atoms with Gasteiger partial charge in [-0.05, 0) is 72.9 Å². The van der Waals surface area contributed by atoms with Gasteiger partial charge in [-0.15, -0.1) is 13.2 Å². The lowest BCUT2D eigenvalue weighted by Gasteiger charge is -2.40. The summed E-state index contributed by atoms with van der Waals surface area (Å²) >= 11 is 0. The number of nitrogens with zero attached hydrogens (tertiary/aromatic N) is 3. The molecule has 0 saturated heterocycles. The van der Waals surface area contributed by atoms with Crippen LogP contribution >= 0.6 is 0 Å². The minimum atomic E-state index is -4.85. The fourth-order valence-corrected chi connectivity index (χ4v) is 5.53. The second kappa shape index (κ2) is 10.2. The zero-order chi connectivity index (χ0) is 28.8. The van der Waals surface area contributed by atoms with Crippen molar-refractivity contribution < 1.29 is 41.0 Å². The molecule has 39 heavy (non-hydrogen) atoms. The Balaban J connectivity index is 1.83. The van der Waals surface area contributed by atoms with Gasteiger partial charge in [0.15, 0.2) is 5.65 Å². The molecule has 0 radical (unpaired) electrons. The van der Waals surface area contributed by atoms with Gasteiger partial charge < -0.3 is 15.2 Å². The van der Waals surface area contributed by atoms with Crippen molar-refractivity contribution in [1.82, 2.24) is 14.5 Å². The molecule has 1 saturated carbocycles. The molecule has 2 N–H and O–H groups in total. The molecule has 1 aliphatic rings. The van der Waals surface area contributed by atoms with Crippen LogP contribution in [0.1, 0.15) is 63.8 Å². The van der Waals surface area contributed by atoms with Gasteiger partial charge in [0, 0.05) is 18.2 Å². The van der Waals surface area contributed by atoms with Crippen LogP contribution < -0.4 is 10.1 Å². The van der Waals surface area contributed by atoms with Crippen LogP contribution in [-0.2, 0) is 17.4 Å². The Kier molecular flexibility index (Phi) is 7.48. The van der Waals surface area contributed by atoms with Gasteiger partial charge in [0.25, 0.3) is 0 Å². The number of halogens is 6. The number of fused-ring (bicyclic) bond motifs is 1. The van der Waals surface area contributed by atoms with Crippen LogP contribution in [0.4, 0.5) is 38.0 Å². The number of ether oxygens (including phenoxy) is 1. The first-order chi connectivity index (χ1) is 18.0. The number of rotatable bonds is 7. The summed E-state index contributed by atoms with van der Waals surface area (Å²) in [5.41, 5.74) is -1.07. The Bertz CT molecular complexity index is 1350. The fraction of sp³-hybridized carbons (Fsp3) is 0.500. The van der Waals surface area contributed by atoms with Crippen LogP contribution in [0.5, 0.6) is 5.75 Å². The molecule has 3 aromatic rings. The van der Waals surface area contributed by atoms with Gasteiger partial charge in [-0.25, -0.2) is 9.97 Å². The number of carboxylic acid groups (broad SMARTS) is 1. The van der Waals surface area contributed by atoms with Gasteiger partial charge in [-0.1, -0.05) is 20.8 Å². The van der Waals surface area contributed by atoms with E-state index >= 15 is 0 Å². The third-order valence-corrected chi connectivity index (χ3v) is 6.69. The highest BCUT2D eigenvalue weighted by atomic mass is 19.4. The number of hydrogen-bond acceptors (Lipinski definition) is 5. The SMILES string of the molecule is C[C@@H]1C[C@H](n2c(Nc3ccc(OC(F)(F)F)cc3)nc3cc(CCC(=O)O)c(C(F)(F)F)nc32)CC(C)(C)C1. The molecule has 0 aliphatic heterocycles. The maximum Gasteiger partial charge on any atom is 0.573 e. The number of nitrogens with one attached hydrogen (secondary N) is 1. The summed E-state index contributed by atoms with van der Waals surface area (Å²) < 4.78 is 85.2. The molecule has 212 valence electrons. The highest BCUT2D eigenvalue weighted by Crippen LogP contribution is 2.46. The molecule has 0 spiro atoms. The van der Waals surface area contributed by atoms with E-state index in [4.69, 9.17) is 5.11 Å². The molecule has 1 aliphatic carbocycles. The van der Waals surface area contributed by atoms with E-state index in [9.17, 15) is 31.1 Å². The standard InChI is InChI=1S/C26H28F6N4O3/c1-14-10-17(13-24(2,3)12-14)36-22-19(11-15(4-9-20(37)38)21(35-22)25(27,28)29)34-23(36)33-16-5-7-18(8-6-16)39-26(30,31)32/h5-8,11,14,17H,4,9-10,12-13H2,1-3H3,(H,33,34)(H,37,38)/t14-,17+/m1/s1. The molecule has 2 heterocycles. The second-order valence-electron chi connectivity index (χ2n) is 10.8. The van der Waals surface area contributed by atoms with Gasteiger partial charge in [0.1, 0.15) is 17.0 Å². The van der Waals surface area contributed by atoms with Crippen molar-refractivity contribution in [3.8, 4) is 5.75 Å². The first-order valence-electron chi connectivity index (χ1n) is 12.3. The monoisotopic (exact) mass is 558 g/mol. The van der Waals surface area contributed by atoms with Crippen LogP contribution in [0.2, 0.25) is 0 Å². The number of alkyl halides is 6. The smallest absolute Gasteiger partial charge is 0.481 e. The van der Waals surface area contributed by atoms with E-state index in [0.717, 1.165) is 18.6 Å². The van der Waals surface area contributed by atoms with Crippen molar-refractivity contribution in [2.45, 2.75) is 71.5 Å². The maximum absolute atomic E-state index is 14.0. The molecule has 1 aromatic carbocycles. The maximum atomic E-state index is 14.0. The van der Waals surface area contributed by atoms with E-state index in [-0.39, 0.29) is 46.5 Å². The average Bonchev–Trinajstić information content (AvgIpc) is 3.12. The number of hydrogen-bond donors (Lipinski definition) is 2. The van der Waals surface area contributed by atoms with Gasteiger partial charge >= 0.3 is 18.5 Å². The quantitative estimate of drug-likeness (QED) is 0.292. The lowest BCUT2D eigenvalue weighted by atomic mass is 9.70. The minimum Gasteiger partial charge on any atom is -0.481 e. The van der Waals surface area contributed by atoms with Crippen LogP contribution in [0.25, 0.3) is 11.2 Å². The summed E-state index contributed by atoms with van der Waals surface area (Å²) in [6.45, 7) is 6.23. The first kappa shape index (κ1) is 28.5. The average molecular weight is 559 g/mol. The van der Waals surface area contributed by atoms with Crippen molar-refractivity contribution in [3.63, 3.8) is 0 Å². The number of aryl methyl sites for hydroxylation is 1. The van der Waals surface area contributed by atoms with Crippen LogP contribution in [0.3, 0.4) is 0 Å². The molecule has 0 bridgehead atoms. The highest BCUT2D eigenvalue weighted by molar-refractivity contribution is 5.78. The van der Waals surface area contributed by atoms with E-state index in [1.54, 1.807) is 4.57 Å². The van der Waals surface area contributed by atoms with Crippen molar-refractivity contribution in [2.24, 2.45) is 11.3 Å². The second-order valence-corrected chi connectivity index (χ2v) is 10.8. The lowest BCUT2D eigenvalue weighted by molar-refractivity contribution is -0.274. The van der Waals surface area contributed by atoms with E-state index in [1.165, 1.54) is 18.2 Å². The van der Waals surface area contributed by atoms with E-state index in [0.29, 0.717) is 18.5 Å². The topological polar surface area (TPSA) is 89.3 Å². The number of aromatic nitrogens is 3. The molecular formula is C26H28F6N4O3. The summed E-state index contributed by atoms with van der Waals surface area (Å²) in [6, 6.07) is 5.85. The first-order valence-corrected chi connectivity index (χ1v) is 12.3. The third kappa shape index (κ3) is 6.93. The van der Waals surface area contributed by atoms with Crippen molar-refractivity contribution >= 4 is 28.8 Å². The number of benzene rings is 1. The molecular weight excluding hydrogens is 530 g/mol. The summed E-state index contributed by atoms with van der Waals surface area (Å²) in [5.74, 6) is -1.23. The fourth-order valence-electron chi connectivity index (χ4n) is 5.53. The van der Waals surface area contributed by atoms with Crippen LogP contribution in [0.15, 0.2) is 30.3 Å². The number of aliphatic carboxylic acids is 1. The summed E-state index contributed by atoms with van der Waals surface area (Å²) in [6.07, 6.45) is -8.34. The Morgan fingerprint density at radius 1 is 1.13 bits per heavy atom. The normalized spacial score (nSPS) is 19.7. The van der Waals surface area contributed by atoms with Crippen molar-refractivity contribution in [3.05, 3.63) is 41.6 Å². The minimum absolute atomic E-state index is 0.00387. The molecule has 7 nitrogen and oxygen atoms in total. The number of pyridine rings is 1. The van der Waals surface area contributed by atoms with E-state index < -0.39 is 36.4 Å². The predicted molar refractivity (Wildman–Crippen MR) is 131 cm³/mol. The molecule has 4 rings (SSSR count). The summed E-state index contributed by atoms with van der Waals surface area (Å²) in [4.78, 5) is 19.6. The zero-order valence-electron chi connectivity index (χ0n) is 21.5. The molecule has 1 fully saturated rings. The predicted octanol–water partition coefficient (Wildman–Crippen LogP) is 7.50. The Labute approximate surface area is 220 Å². The van der Waals surface area contributed by atoms with Crippen molar-refractivity contribution in [2.75, 3.05) is 5.32 Å². The summed E-state index contributed by atoms with van der Waals surface area (Å²) in [7, 11) is 0. The Hall–Kier alpha value is -3.51. The number of imidazole rings is 1. The van der Waals surface area contributed by atoms with Gasteiger partial charge in [0.2, 0.25) is 5.95 Å². The number of carboxylic acids is 1. The third-order valence-electron chi connectivity index (χ3n) is 6.69. The van der Waals surface area contributed by atoms with Crippen molar-refractivity contribution in [1.29, 1.82) is 0 Å². The highest BCUT2D eigenvalue weighted by Gasteiger charge is 2.39. The van der Waals surface area contributed by atoms with Crippen LogP contribution in [0, 0.1) is 11.3 Å². The lowest BCUT2D eigenvalue weighted by Crippen LogP contribution is -2.30. The van der Waals surface area contributed by atoms with Gasteiger partial charge in [-0.3, -0.25) is 9.36 Å². The van der Waals surface area contributed by atoms with Gasteiger partial charge in [0.05, 0.1) is 0 Å². The van der Waals surface area contributed by atoms with E-state index in [1.807, 2.05) is 0 Å². The van der Waals surface area contributed by atoms with E-state index in [2.05, 4.69) is 40.8 Å². The van der Waals surface area contributed by atoms with Gasteiger partial charge in [-0.2, -0.15) is 13.2 Å². The largest absolute Gasteiger partial charge is 0.573 e. The Morgan fingerprint density at radius 3 is 2.36 bits per heavy atom. The number of carbonyl (C=O) groups is 1. The molecule has 2 atom stereocenters. The Morgan fingerprint density at radius 2 is 1.79 bits per heavy atom. The summed E-state index contributed by atoms with van der Waals surface area (Å²) in [5, 5.41) is 12.0. The molecule has 2 aromatic heterocycles. The molecule has 0 amide bonds. The molecule has 13 heteroatoms. The molecule has 0 unspecified atom stereocenters. The number of anilines is 2. The van der Waals surface area contributed by atoms with Crippen LogP contribution in [-0.4, -0.2) is 32.0 Å².